The van der Waals surface area contributed by atoms with Crippen molar-refractivity contribution in [2.24, 2.45) is 0 Å². The van der Waals surface area contributed by atoms with E-state index < -0.39 is 0 Å². The van der Waals surface area contributed by atoms with E-state index in [0.29, 0.717) is 0 Å². The first-order chi connectivity index (χ1) is 24.6. The zero-order chi connectivity index (χ0) is 34.2. The van der Waals surface area contributed by atoms with E-state index in [-0.39, 0.29) is 0 Å². The van der Waals surface area contributed by atoms with Crippen LogP contribution in [0, 0.1) is 27.7 Å². The van der Waals surface area contributed by atoms with Crippen LogP contribution in [0.5, 0.6) is 0 Å². The number of para-hydroxylation sites is 2. The van der Waals surface area contributed by atoms with Gasteiger partial charge in [0.05, 0.1) is 11.0 Å². The lowest BCUT2D eigenvalue weighted by Gasteiger charge is -2.13. The number of hydrogen-bond donors (Lipinski definition) is 0. The van der Waals surface area contributed by atoms with Crippen LogP contribution in [0.2, 0.25) is 0 Å². The summed E-state index contributed by atoms with van der Waals surface area (Å²) in [7, 11) is 0. The summed E-state index contributed by atoms with van der Waals surface area (Å²) in [5.41, 5.74) is 11.0. The second kappa shape index (κ2) is 13.9. The largest absolute Gasteiger partial charge is 0.340 e. The number of aromatic nitrogens is 4. The van der Waals surface area contributed by atoms with Gasteiger partial charge in [-0.2, -0.15) is 0 Å². The Morgan fingerprint density at radius 3 is 1.20 bits per heavy atom. The van der Waals surface area contributed by atoms with Gasteiger partial charge in [0.25, 0.3) is 0 Å². The first-order valence-electron chi connectivity index (χ1n) is 19.0. The van der Waals surface area contributed by atoms with Crippen molar-refractivity contribution in [2.75, 3.05) is 0 Å². The number of rotatable bonds is 13. The molecule has 0 bridgehead atoms. The Morgan fingerprint density at radius 2 is 0.780 bits per heavy atom. The van der Waals surface area contributed by atoms with Crippen molar-refractivity contribution < 1.29 is 0 Å². The molecule has 0 saturated heterocycles. The van der Waals surface area contributed by atoms with Gasteiger partial charge in [-0.1, -0.05) is 87.8 Å². The van der Waals surface area contributed by atoms with Gasteiger partial charge in [-0.3, -0.25) is 9.97 Å². The van der Waals surface area contributed by atoms with Crippen molar-refractivity contribution in [1.29, 1.82) is 0 Å². The van der Waals surface area contributed by atoms with Gasteiger partial charge in [0, 0.05) is 81.2 Å². The SMILES string of the molecule is Cc1c2cnccc2c(C)c2c1c1ccccc1n2CCCCCCCCCCCCn1c2ccccc2c2c(C)c3cnccc3c(C)c21. The maximum Gasteiger partial charge on any atom is 0.0530 e. The minimum Gasteiger partial charge on any atom is -0.340 e. The van der Waals surface area contributed by atoms with Crippen LogP contribution >= 0.6 is 0 Å². The maximum absolute atomic E-state index is 4.45. The molecule has 0 unspecified atom stereocenters. The molecule has 4 aromatic carbocycles. The number of hydrogen-bond acceptors (Lipinski definition) is 2. The highest BCUT2D eigenvalue weighted by Crippen LogP contribution is 2.40. The fraction of sp³-hybridized carbons (Fsp3) is 0.348. The van der Waals surface area contributed by atoms with Crippen LogP contribution in [0.4, 0.5) is 0 Å². The molecule has 4 heterocycles. The summed E-state index contributed by atoms with van der Waals surface area (Å²) in [6.07, 6.45) is 21.1. The van der Waals surface area contributed by atoms with Gasteiger partial charge >= 0.3 is 0 Å². The van der Waals surface area contributed by atoms with Gasteiger partial charge in [0.2, 0.25) is 0 Å². The van der Waals surface area contributed by atoms with Crippen molar-refractivity contribution in [3.8, 4) is 0 Å². The first-order valence-corrected chi connectivity index (χ1v) is 19.0. The van der Waals surface area contributed by atoms with Gasteiger partial charge in [0.15, 0.2) is 0 Å². The summed E-state index contributed by atoms with van der Waals surface area (Å²) in [4.78, 5) is 8.90. The van der Waals surface area contributed by atoms with E-state index in [1.54, 1.807) is 0 Å². The smallest absolute Gasteiger partial charge is 0.0530 e. The Labute approximate surface area is 296 Å². The molecular formula is C46H50N4. The number of aryl methyl sites for hydroxylation is 6. The number of fused-ring (bicyclic) bond motifs is 8. The third-order valence-corrected chi connectivity index (χ3v) is 11.7. The maximum atomic E-state index is 4.45. The molecule has 0 aliphatic heterocycles. The molecule has 254 valence electrons. The molecule has 0 aliphatic rings. The van der Waals surface area contributed by atoms with Gasteiger partial charge in [-0.25, -0.2) is 0 Å². The number of benzene rings is 4. The van der Waals surface area contributed by atoms with Crippen LogP contribution in [0.1, 0.15) is 86.5 Å². The predicted molar refractivity (Wildman–Crippen MR) is 215 cm³/mol. The van der Waals surface area contributed by atoms with Crippen molar-refractivity contribution in [3.05, 3.63) is 108 Å². The molecule has 0 fully saturated rings. The van der Waals surface area contributed by atoms with Crippen LogP contribution in [0.3, 0.4) is 0 Å². The quantitative estimate of drug-likeness (QED) is 0.116. The van der Waals surface area contributed by atoms with Crippen LogP contribution in [0.25, 0.3) is 65.2 Å². The van der Waals surface area contributed by atoms with Crippen LogP contribution in [-0.2, 0) is 13.1 Å². The molecule has 0 radical (unpaired) electrons. The normalized spacial score (nSPS) is 12.2. The summed E-state index contributed by atoms with van der Waals surface area (Å²) in [6.45, 7) is 11.3. The molecule has 0 spiro atoms. The fourth-order valence-electron chi connectivity index (χ4n) is 9.13. The molecule has 0 N–H and O–H groups in total. The zero-order valence-electron chi connectivity index (χ0n) is 30.4. The standard InChI is InChI=1S/C46H50N4/c1-31-39-29-47-25-23-35(39)33(3)45-43(31)37-19-13-15-21-41(37)49(45)27-17-11-9-7-5-6-8-10-12-18-28-50-42-22-16-14-20-38(42)44-32(2)40-30-48-26-24-36(40)34(4)46(44)50/h13-16,19-26,29-30H,5-12,17-18,27-28H2,1-4H3. The Hall–Kier alpha value is -4.70. The average Bonchev–Trinajstić information content (AvgIpc) is 3.67. The number of pyridine rings is 2. The lowest BCUT2D eigenvalue weighted by Crippen LogP contribution is -2.00. The van der Waals surface area contributed by atoms with Gasteiger partial charge in [0.1, 0.15) is 0 Å². The second-order valence-corrected chi connectivity index (χ2v) is 14.7. The molecular weight excluding hydrogens is 609 g/mol. The van der Waals surface area contributed by atoms with E-state index >= 15 is 0 Å². The highest BCUT2D eigenvalue weighted by atomic mass is 15.0. The minimum atomic E-state index is 1.08. The number of unbranched alkanes of at least 4 members (excludes halogenated alkanes) is 9. The van der Waals surface area contributed by atoms with Gasteiger partial charge < -0.3 is 9.13 Å². The minimum absolute atomic E-state index is 1.08. The molecule has 50 heavy (non-hydrogen) atoms. The lowest BCUT2D eigenvalue weighted by atomic mass is 9.97. The summed E-state index contributed by atoms with van der Waals surface area (Å²) in [5.74, 6) is 0. The Kier molecular flexibility index (Phi) is 9.04. The van der Waals surface area contributed by atoms with E-state index in [4.69, 9.17) is 0 Å². The molecule has 0 saturated carbocycles. The van der Waals surface area contributed by atoms with Crippen LogP contribution in [0.15, 0.2) is 85.5 Å². The lowest BCUT2D eigenvalue weighted by molar-refractivity contribution is 0.529. The van der Waals surface area contributed by atoms with Gasteiger partial charge in [-0.15, -0.1) is 0 Å². The van der Waals surface area contributed by atoms with E-state index in [2.05, 4.69) is 107 Å². The zero-order valence-corrected chi connectivity index (χ0v) is 30.4. The highest BCUT2D eigenvalue weighted by Gasteiger charge is 2.19. The first kappa shape index (κ1) is 32.5. The molecule has 4 aromatic heterocycles. The van der Waals surface area contributed by atoms with Gasteiger partial charge in [-0.05, 0) is 97.8 Å². The van der Waals surface area contributed by atoms with Crippen molar-refractivity contribution in [2.45, 2.75) is 105 Å². The molecule has 0 amide bonds. The topological polar surface area (TPSA) is 35.6 Å². The van der Waals surface area contributed by atoms with E-state index in [1.807, 2.05) is 24.8 Å². The van der Waals surface area contributed by atoms with Crippen LogP contribution in [-0.4, -0.2) is 19.1 Å². The average molecular weight is 659 g/mol. The van der Waals surface area contributed by atoms with E-state index in [9.17, 15) is 0 Å². The van der Waals surface area contributed by atoms with Crippen LogP contribution < -0.4 is 0 Å². The third kappa shape index (κ3) is 5.54. The monoisotopic (exact) mass is 658 g/mol. The Bertz CT molecular complexity index is 2320. The predicted octanol–water partition coefficient (Wildman–Crippen LogP) is 12.8. The highest BCUT2D eigenvalue weighted by molar-refractivity contribution is 6.18. The van der Waals surface area contributed by atoms with Crippen molar-refractivity contribution in [1.82, 2.24) is 19.1 Å². The molecule has 4 heteroatoms. The molecule has 8 aromatic rings. The van der Waals surface area contributed by atoms with E-state index in [0.717, 1.165) is 13.1 Å². The Balaban J connectivity index is 0.823. The summed E-state index contributed by atoms with van der Waals surface area (Å²) >= 11 is 0. The molecule has 8 rings (SSSR count). The summed E-state index contributed by atoms with van der Waals surface area (Å²) < 4.78 is 5.21. The fourth-order valence-corrected chi connectivity index (χ4v) is 9.13. The molecule has 4 nitrogen and oxygen atoms in total. The molecule has 0 aliphatic carbocycles. The second-order valence-electron chi connectivity index (χ2n) is 14.7. The third-order valence-electron chi connectivity index (χ3n) is 11.7. The molecule has 0 atom stereocenters. The summed E-state index contributed by atoms with van der Waals surface area (Å²) in [6, 6.07) is 22.3. The summed E-state index contributed by atoms with van der Waals surface area (Å²) in [5, 5.41) is 10.8. The Morgan fingerprint density at radius 1 is 0.400 bits per heavy atom. The number of nitrogens with zero attached hydrogens (tertiary/aromatic N) is 4. The van der Waals surface area contributed by atoms with Crippen molar-refractivity contribution in [3.63, 3.8) is 0 Å². The van der Waals surface area contributed by atoms with Crippen molar-refractivity contribution >= 4 is 65.2 Å². The van der Waals surface area contributed by atoms with E-state index in [1.165, 1.54) is 152 Å².